The monoisotopic (exact) mass is 387 g/mol. The van der Waals surface area contributed by atoms with E-state index in [2.05, 4.69) is 15.6 Å². The lowest BCUT2D eigenvalue weighted by molar-refractivity contribution is -0.128. The highest BCUT2D eigenvalue weighted by molar-refractivity contribution is 7.22. The number of rotatable bonds is 3. The predicted octanol–water partition coefficient (Wildman–Crippen LogP) is 3.99. The average Bonchev–Trinajstić information content (AvgIpc) is 2.96. The molecule has 8 heteroatoms. The molecular formula is C18H14ClN3O3S. The Hall–Kier alpha value is -2.64. The molecule has 2 aromatic carbocycles. The van der Waals surface area contributed by atoms with Crippen LogP contribution in [-0.4, -0.2) is 22.9 Å². The van der Waals surface area contributed by atoms with E-state index in [0.717, 1.165) is 15.8 Å². The number of aromatic nitrogens is 1. The summed E-state index contributed by atoms with van der Waals surface area (Å²) in [5.41, 5.74) is 2.39. The fourth-order valence-corrected chi connectivity index (χ4v) is 3.85. The lowest BCUT2D eigenvalue weighted by atomic mass is 10.1. The fourth-order valence-electron chi connectivity index (χ4n) is 2.69. The number of anilines is 2. The van der Waals surface area contributed by atoms with Gasteiger partial charge in [-0.25, -0.2) is 4.98 Å². The van der Waals surface area contributed by atoms with Gasteiger partial charge < -0.3 is 15.4 Å². The largest absolute Gasteiger partial charge is 0.478 e. The Morgan fingerprint density at radius 2 is 2.19 bits per heavy atom. The van der Waals surface area contributed by atoms with Gasteiger partial charge in [0.05, 0.1) is 22.3 Å². The standard InChI is InChI=1S/C18H14ClN3O3S/c1-9-2-5-13-12(6-9)20-17(24)14(25-13)8-16(23)22-18-21-11-4-3-10(19)7-15(11)26-18/h2-7,14H,8H2,1H3,(H,20,24)(H,21,22,23). The van der Waals surface area contributed by atoms with Crippen molar-refractivity contribution in [2.75, 3.05) is 10.6 Å². The average molecular weight is 388 g/mol. The van der Waals surface area contributed by atoms with Gasteiger partial charge >= 0.3 is 0 Å². The van der Waals surface area contributed by atoms with Crippen LogP contribution in [0.1, 0.15) is 12.0 Å². The number of amides is 2. The summed E-state index contributed by atoms with van der Waals surface area (Å²) in [5, 5.41) is 6.56. The van der Waals surface area contributed by atoms with Crippen LogP contribution in [0.4, 0.5) is 10.8 Å². The third-order valence-corrected chi connectivity index (χ3v) is 5.09. The molecule has 2 N–H and O–H groups in total. The molecular weight excluding hydrogens is 374 g/mol. The van der Waals surface area contributed by atoms with E-state index >= 15 is 0 Å². The summed E-state index contributed by atoms with van der Waals surface area (Å²) in [6.07, 6.45) is -0.982. The molecule has 6 nitrogen and oxygen atoms in total. The van der Waals surface area contributed by atoms with Gasteiger partial charge in [-0.3, -0.25) is 9.59 Å². The van der Waals surface area contributed by atoms with Gasteiger partial charge in [-0.1, -0.05) is 29.0 Å². The molecule has 1 aliphatic rings. The molecule has 0 radical (unpaired) electrons. The number of hydrogen-bond acceptors (Lipinski definition) is 5. The van der Waals surface area contributed by atoms with Gasteiger partial charge in [0, 0.05) is 5.02 Å². The smallest absolute Gasteiger partial charge is 0.266 e. The molecule has 3 aromatic rings. The van der Waals surface area contributed by atoms with Crippen LogP contribution in [0.5, 0.6) is 5.75 Å². The van der Waals surface area contributed by atoms with Crippen molar-refractivity contribution in [2.24, 2.45) is 0 Å². The summed E-state index contributed by atoms with van der Waals surface area (Å²) in [6.45, 7) is 1.93. The summed E-state index contributed by atoms with van der Waals surface area (Å²) in [7, 11) is 0. The topological polar surface area (TPSA) is 80.3 Å². The molecule has 1 aliphatic heterocycles. The number of carbonyl (C=O) groups excluding carboxylic acids is 2. The molecule has 0 fully saturated rings. The van der Waals surface area contributed by atoms with Crippen molar-refractivity contribution >= 4 is 55.8 Å². The van der Waals surface area contributed by atoms with Crippen molar-refractivity contribution in [1.29, 1.82) is 0 Å². The molecule has 0 aliphatic carbocycles. The van der Waals surface area contributed by atoms with Crippen LogP contribution in [0.15, 0.2) is 36.4 Å². The van der Waals surface area contributed by atoms with Gasteiger partial charge in [-0.2, -0.15) is 0 Å². The Bertz CT molecular complexity index is 1030. The number of hydrogen-bond donors (Lipinski definition) is 2. The van der Waals surface area contributed by atoms with E-state index in [0.29, 0.717) is 21.6 Å². The molecule has 1 unspecified atom stereocenters. The maximum Gasteiger partial charge on any atom is 0.266 e. The van der Waals surface area contributed by atoms with Crippen LogP contribution < -0.4 is 15.4 Å². The first kappa shape index (κ1) is 16.8. The lowest BCUT2D eigenvalue weighted by Crippen LogP contribution is -2.39. The highest BCUT2D eigenvalue weighted by atomic mass is 35.5. The van der Waals surface area contributed by atoms with Crippen LogP contribution in [-0.2, 0) is 9.59 Å². The molecule has 1 atom stereocenters. The highest BCUT2D eigenvalue weighted by Gasteiger charge is 2.30. The van der Waals surface area contributed by atoms with Crippen LogP contribution in [0.25, 0.3) is 10.2 Å². The van der Waals surface area contributed by atoms with Crippen LogP contribution in [0.3, 0.4) is 0 Å². The highest BCUT2D eigenvalue weighted by Crippen LogP contribution is 2.32. The number of fused-ring (bicyclic) bond motifs is 2. The lowest BCUT2D eigenvalue weighted by Gasteiger charge is -2.25. The first-order valence-corrected chi connectivity index (χ1v) is 9.11. The Kier molecular flexibility index (Phi) is 4.26. The third-order valence-electron chi connectivity index (χ3n) is 3.92. The maximum absolute atomic E-state index is 12.3. The van der Waals surface area contributed by atoms with Crippen molar-refractivity contribution < 1.29 is 14.3 Å². The van der Waals surface area contributed by atoms with Crippen molar-refractivity contribution in [3.05, 3.63) is 47.0 Å². The normalized spacial score (nSPS) is 15.9. The second-order valence-electron chi connectivity index (χ2n) is 5.98. The second-order valence-corrected chi connectivity index (χ2v) is 7.45. The second kappa shape index (κ2) is 6.59. The van der Waals surface area contributed by atoms with Crippen molar-refractivity contribution in [1.82, 2.24) is 4.98 Å². The van der Waals surface area contributed by atoms with Crippen LogP contribution >= 0.6 is 22.9 Å². The van der Waals surface area contributed by atoms with Gasteiger partial charge in [-0.05, 0) is 42.8 Å². The fraction of sp³-hybridized carbons (Fsp3) is 0.167. The number of ether oxygens (including phenoxy) is 1. The number of halogens is 1. The minimum atomic E-state index is -0.881. The zero-order chi connectivity index (χ0) is 18.3. The quantitative estimate of drug-likeness (QED) is 0.712. The van der Waals surface area contributed by atoms with E-state index in [9.17, 15) is 9.59 Å². The van der Waals surface area contributed by atoms with Crippen LogP contribution in [0, 0.1) is 6.92 Å². The molecule has 2 amide bonds. The number of carbonyl (C=O) groups is 2. The predicted molar refractivity (Wildman–Crippen MR) is 102 cm³/mol. The maximum atomic E-state index is 12.3. The summed E-state index contributed by atoms with van der Waals surface area (Å²) in [4.78, 5) is 28.8. The van der Waals surface area contributed by atoms with Gasteiger partial charge in [0.1, 0.15) is 5.75 Å². The number of benzene rings is 2. The molecule has 4 rings (SSSR count). The Morgan fingerprint density at radius 3 is 3.04 bits per heavy atom. The molecule has 132 valence electrons. The Balaban J connectivity index is 1.45. The molecule has 2 heterocycles. The van der Waals surface area contributed by atoms with E-state index in [1.54, 1.807) is 24.3 Å². The first-order valence-electron chi connectivity index (χ1n) is 7.92. The number of aryl methyl sites for hydroxylation is 1. The van der Waals surface area contributed by atoms with Crippen molar-refractivity contribution in [3.63, 3.8) is 0 Å². The number of thiazole rings is 1. The molecule has 0 spiro atoms. The number of nitrogens with one attached hydrogen (secondary N) is 2. The van der Waals surface area contributed by atoms with E-state index in [4.69, 9.17) is 16.3 Å². The van der Waals surface area contributed by atoms with E-state index in [1.165, 1.54) is 11.3 Å². The molecule has 26 heavy (non-hydrogen) atoms. The minimum absolute atomic E-state index is 0.101. The van der Waals surface area contributed by atoms with Crippen LogP contribution in [0.2, 0.25) is 5.02 Å². The van der Waals surface area contributed by atoms with Crippen molar-refractivity contribution in [2.45, 2.75) is 19.4 Å². The van der Waals surface area contributed by atoms with Crippen molar-refractivity contribution in [3.8, 4) is 5.75 Å². The molecule has 1 aromatic heterocycles. The SMILES string of the molecule is Cc1ccc2c(c1)NC(=O)C(CC(=O)Nc1nc3ccc(Cl)cc3s1)O2. The minimum Gasteiger partial charge on any atom is -0.478 e. The summed E-state index contributed by atoms with van der Waals surface area (Å²) < 4.78 is 6.55. The molecule has 0 saturated heterocycles. The van der Waals surface area contributed by atoms with Gasteiger partial charge in [0.2, 0.25) is 5.91 Å². The van der Waals surface area contributed by atoms with E-state index in [1.807, 2.05) is 19.1 Å². The molecule has 0 saturated carbocycles. The van der Waals surface area contributed by atoms with Gasteiger partial charge in [0.25, 0.3) is 5.91 Å². The first-order chi connectivity index (χ1) is 12.5. The Labute approximate surface area is 158 Å². The molecule has 0 bridgehead atoms. The third kappa shape index (κ3) is 3.36. The number of nitrogens with zero attached hydrogens (tertiary/aromatic N) is 1. The Morgan fingerprint density at radius 1 is 1.35 bits per heavy atom. The zero-order valence-electron chi connectivity index (χ0n) is 13.7. The van der Waals surface area contributed by atoms with E-state index in [-0.39, 0.29) is 18.2 Å². The van der Waals surface area contributed by atoms with E-state index < -0.39 is 6.10 Å². The summed E-state index contributed by atoms with van der Waals surface area (Å²) in [6, 6.07) is 10.8. The van der Waals surface area contributed by atoms with Gasteiger partial charge in [-0.15, -0.1) is 0 Å². The zero-order valence-corrected chi connectivity index (χ0v) is 15.3. The van der Waals surface area contributed by atoms with Gasteiger partial charge in [0.15, 0.2) is 11.2 Å². The summed E-state index contributed by atoms with van der Waals surface area (Å²) >= 11 is 7.28. The summed E-state index contributed by atoms with van der Waals surface area (Å²) in [5.74, 6) is -0.122.